The van der Waals surface area contributed by atoms with E-state index in [0.29, 0.717) is 17.7 Å². The first-order valence-corrected chi connectivity index (χ1v) is 9.80. The second kappa shape index (κ2) is 5.94. The summed E-state index contributed by atoms with van der Waals surface area (Å²) in [5.74, 6) is 0.492. The summed E-state index contributed by atoms with van der Waals surface area (Å²) in [4.78, 5) is 0. The summed E-state index contributed by atoms with van der Waals surface area (Å²) >= 11 is 0. The molecule has 4 atom stereocenters. The quantitative estimate of drug-likeness (QED) is 0.704. The monoisotopic (exact) mass is 372 g/mol. The number of aliphatic hydroxyl groups is 2. The van der Waals surface area contributed by atoms with Crippen LogP contribution in [0.15, 0.2) is 72.8 Å². The molecule has 2 aliphatic rings. The van der Waals surface area contributed by atoms with Crippen LogP contribution in [-0.2, 0) is 11.2 Å². The zero-order valence-corrected chi connectivity index (χ0v) is 16.1. The van der Waals surface area contributed by atoms with E-state index in [4.69, 9.17) is 4.74 Å². The van der Waals surface area contributed by atoms with Crippen molar-refractivity contribution < 1.29 is 14.9 Å². The maximum Gasteiger partial charge on any atom is 0.176 e. The molecule has 3 aromatic rings. The van der Waals surface area contributed by atoms with Crippen molar-refractivity contribution >= 4 is 0 Å². The molecule has 3 aromatic carbocycles. The molecule has 1 saturated carbocycles. The fourth-order valence-corrected chi connectivity index (χ4v) is 5.47. The molecule has 1 aliphatic carbocycles. The number of ether oxygens (including phenoxy) is 1. The molecule has 28 heavy (non-hydrogen) atoms. The average molecular weight is 372 g/mol. The minimum atomic E-state index is -1.51. The van der Waals surface area contributed by atoms with Gasteiger partial charge in [-0.25, -0.2) is 0 Å². The lowest BCUT2D eigenvalue weighted by atomic mass is 9.70. The molecule has 0 amide bonds. The van der Waals surface area contributed by atoms with Gasteiger partial charge in [-0.15, -0.1) is 0 Å². The van der Waals surface area contributed by atoms with Crippen molar-refractivity contribution in [2.24, 2.45) is 0 Å². The van der Waals surface area contributed by atoms with E-state index in [-0.39, 0.29) is 5.92 Å². The van der Waals surface area contributed by atoms with Gasteiger partial charge < -0.3 is 14.9 Å². The molecular formula is C25H24O3. The summed E-state index contributed by atoms with van der Waals surface area (Å²) in [6, 6.07) is 24.0. The fraction of sp³-hybridized carbons (Fsp3) is 0.280. The fourth-order valence-electron chi connectivity index (χ4n) is 5.47. The minimum absolute atomic E-state index is 0.178. The highest BCUT2D eigenvalue weighted by atomic mass is 16.5. The molecule has 0 unspecified atom stereocenters. The number of fused-ring (bicyclic) bond motifs is 3. The maximum atomic E-state index is 12.2. The standard InChI is InChI=1S/C25H24O3/c1-16-13-17(2)23-21(14-16)28-25(19-11-7-4-8-12-19)20(15-22(26)24(23,25)27)18-9-5-3-6-10-18/h3-14,20,22,26-27H,15H2,1-2H3/t20-,22-,24+,25-/m0/s1. The number of aliphatic hydroxyl groups excluding tert-OH is 1. The lowest BCUT2D eigenvalue weighted by Gasteiger charge is -2.41. The maximum absolute atomic E-state index is 12.2. The average Bonchev–Trinajstić information content (AvgIpc) is 3.09. The largest absolute Gasteiger partial charge is 0.478 e. The second-order valence-corrected chi connectivity index (χ2v) is 8.14. The van der Waals surface area contributed by atoms with Crippen LogP contribution in [0.1, 0.15) is 40.2 Å². The summed E-state index contributed by atoms with van der Waals surface area (Å²) in [6.45, 7) is 4.01. The van der Waals surface area contributed by atoms with Gasteiger partial charge in [0, 0.05) is 11.5 Å². The first-order valence-electron chi connectivity index (χ1n) is 9.80. The second-order valence-electron chi connectivity index (χ2n) is 8.14. The third-order valence-corrected chi connectivity index (χ3v) is 6.50. The van der Waals surface area contributed by atoms with E-state index in [1.54, 1.807) is 0 Å². The van der Waals surface area contributed by atoms with Gasteiger partial charge in [-0.1, -0.05) is 66.7 Å². The zero-order chi connectivity index (χ0) is 19.5. The van der Waals surface area contributed by atoms with Crippen LogP contribution in [0.25, 0.3) is 0 Å². The van der Waals surface area contributed by atoms with Crippen LogP contribution in [0.5, 0.6) is 5.75 Å². The highest BCUT2D eigenvalue weighted by Crippen LogP contribution is 2.67. The first kappa shape index (κ1) is 17.5. The number of hydrogen-bond donors (Lipinski definition) is 2. The normalized spacial score (nSPS) is 30.6. The first-order chi connectivity index (χ1) is 13.5. The molecule has 0 radical (unpaired) electrons. The summed E-state index contributed by atoms with van der Waals surface area (Å²) < 4.78 is 6.70. The lowest BCUT2D eigenvalue weighted by molar-refractivity contribution is -0.149. The van der Waals surface area contributed by atoms with Crippen molar-refractivity contribution in [3.8, 4) is 5.75 Å². The Labute approximate surface area is 165 Å². The van der Waals surface area contributed by atoms with Gasteiger partial charge in [0.25, 0.3) is 0 Å². The van der Waals surface area contributed by atoms with E-state index in [1.165, 1.54) is 0 Å². The number of hydrogen-bond acceptors (Lipinski definition) is 3. The molecular weight excluding hydrogens is 348 g/mol. The van der Waals surface area contributed by atoms with Crippen molar-refractivity contribution in [2.45, 2.75) is 43.5 Å². The van der Waals surface area contributed by atoms with Crippen molar-refractivity contribution in [1.29, 1.82) is 0 Å². The van der Waals surface area contributed by atoms with Crippen LogP contribution in [0, 0.1) is 13.8 Å². The number of rotatable bonds is 2. The molecule has 0 saturated heterocycles. The van der Waals surface area contributed by atoms with Crippen LogP contribution in [-0.4, -0.2) is 16.3 Å². The van der Waals surface area contributed by atoms with Gasteiger partial charge in [-0.3, -0.25) is 0 Å². The highest BCUT2D eigenvalue weighted by Gasteiger charge is 2.72. The Balaban J connectivity index is 1.83. The van der Waals surface area contributed by atoms with Crippen LogP contribution >= 0.6 is 0 Å². The SMILES string of the molecule is Cc1cc(C)c2c(c1)O[C@@]1(c3ccccc3)[C@H](c3ccccc3)C[C@H](O)[C@@]21O. The molecule has 3 heteroatoms. The van der Waals surface area contributed by atoms with Crippen LogP contribution in [0.3, 0.4) is 0 Å². The molecule has 0 aromatic heterocycles. The Morgan fingerprint density at radius 1 is 0.929 bits per heavy atom. The zero-order valence-electron chi connectivity index (χ0n) is 16.1. The Kier molecular flexibility index (Phi) is 3.71. The van der Waals surface area contributed by atoms with Crippen LogP contribution in [0.4, 0.5) is 0 Å². The molecule has 1 fully saturated rings. The smallest absolute Gasteiger partial charge is 0.176 e. The van der Waals surface area contributed by atoms with E-state index >= 15 is 0 Å². The summed E-state index contributed by atoms with van der Waals surface area (Å²) in [6.07, 6.45) is -0.497. The van der Waals surface area contributed by atoms with Gasteiger partial charge in [0.1, 0.15) is 5.75 Å². The highest BCUT2D eigenvalue weighted by molar-refractivity contribution is 5.58. The van der Waals surface area contributed by atoms with E-state index in [1.807, 2.05) is 74.5 Å². The topological polar surface area (TPSA) is 49.7 Å². The molecule has 5 rings (SSSR count). The molecule has 1 aliphatic heterocycles. The summed E-state index contributed by atoms with van der Waals surface area (Å²) in [7, 11) is 0. The number of benzene rings is 3. The third-order valence-electron chi connectivity index (χ3n) is 6.50. The van der Waals surface area contributed by atoms with E-state index in [2.05, 4.69) is 12.1 Å². The molecule has 0 bridgehead atoms. The Morgan fingerprint density at radius 3 is 2.25 bits per heavy atom. The number of aryl methyl sites for hydroxylation is 2. The Hall–Kier alpha value is -2.62. The lowest BCUT2D eigenvalue weighted by Crippen LogP contribution is -2.52. The van der Waals surface area contributed by atoms with Gasteiger partial charge in [0.15, 0.2) is 11.2 Å². The van der Waals surface area contributed by atoms with Gasteiger partial charge in [-0.2, -0.15) is 0 Å². The van der Waals surface area contributed by atoms with Gasteiger partial charge in [-0.05, 0) is 48.6 Å². The van der Waals surface area contributed by atoms with E-state index in [0.717, 1.165) is 22.3 Å². The third kappa shape index (κ3) is 2.06. The van der Waals surface area contributed by atoms with Crippen LogP contribution < -0.4 is 4.74 Å². The van der Waals surface area contributed by atoms with Gasteiger partial charge in [0.2, 0.25) is 0 Å². The van der Waals surface area contributed by atoms with Crippen LogP contribution in [0.2, 0.25) is 0 Å². The van der Waals surface area contributed by atoms with Crippen molar-refractivity contribution in [3.05, 3.63) is 101 Å². The van der Waals surface area contributed by atoms with E-state index in [9.17, 15) is 10.2 Å². The molecule has 1 heterocycles. The predicted molar refractivity (Wildman–Crippen MR) is 108 cm³/mol. The molecule has 142 valence electrons. The van der Waals surface area contributed by atoms with E-state index < -0.39 is 17.3 Å². The predicted octanol–water partition coefficient (Wildman–Crippen LogP) is 4.33. The summed E-state index contributed by atoms with van der Waals surface area (Å²) in [5, 5.41) is 23.4. The molecule has 2 N–H and O–H groups in total. The van der Waals surface area contributed by atoms with Crippen molar-refractivity contribution in [2.75, 3.05) is 0 Å². The minimum Gasteiger partial charge on any atom is -0.478 e. The van der Waals surface area contributed by atoms with Gasteiger partial charge in [0.05, 0.1) is 6.10 Å². The van der Waals surface area contributed by atoms with Crippen molar-refractivity contribution in [1.82, 2.24) is 0 Å². The Bertz CT molecular complexity index is 1030. The van der Waals surface area contributed by atoms with Crippen molar-refractivity contribution in [3.63, 3.8) is 0 Å². The van der Waals surface area contributed by atoms with Gasteiger partial charge >= 0.3 is 0 Å². The molecule has 0 spiro atoms. The Morgan fingerprint density at radius 2 is 1.57 bits per heavy atom. The molecule has 3 nitrogen and oxygen atoms in total. The summed E-state index contributed by atoms with van der Waals surface area (Å²) in [5.41, 5.74) is 2.10.